The lowest BCUT2D eigenvalue weighted by Crippen LogP contribution is -2.11. The summed E-state index contributed by atoms with van der Waals surface area (Å²) in [6.07, 6.45) is 9.81. The van der Waals surface area contributed by atoms with Crippen LogP contribution in [0.5, 0.6) is 0 Å². The quantitative estimate of drug-likeness (QED) is 0.598. The van der Waals surface area contributed by atoms with Crippen LogP contribution in [0.2, 0.25) is 0 Å². The van der Waals surface area contributed by atoms with Gasteiger partial charge in [0.15, 0.2) is 5.69 Å². The highest BCUT2D eigenvalue weighted by molar-refractivity contribution is 5.69. The van der Waals surface area contributed by atoms with Crippen molar-refractivity contribution in [3.8, 4) is 23.2 Å². The molecule has 0 bridgehead atoms. The van der Waals surface area contributed by atoms with Crippen LogP contribution < -0.4 is 0 Å². The molecule has 0 spiro atoms. The minimum Gasteiger partial charge on any atom is -0.481 e. The molecule has 0 saturated heterocycles. The summed E-state index contributed by atoms with van der Waals surface area (Å²) in [6, 6.07) is 1.95. The van der Waals surface area contributed by atoms with Crippen LogP contribution >= 0.6 is 0 Å². The zero-order valence-electron chi connectivity index (χ0n) is 17.3. The van der Waals surface area contributed by atoms with Crippen molar-refractivity contribution >= 4 is 5.97 Å². The van der Waals surface area contributed by atoms with E-state index in [0.29, 0.717) is 34.8 Å². The molecule has 0 atom stereocenters. The van der Waals surface area contributed by atoms with Crippen molar-refractivity contribution in [1.82, 2.24) is 20.2 Å². The van der Waals surface area contributed by atoms with Gasteiger partial charge in [-0.1, -0.05) is 46.0 Å². The van der Waals surface area contributed by atoms with E-state index in [0.717, 1.165) is 17.7 Å². The van der Waals surface area contributed by atoms with Crippen molar-refractivity contribution in [2.24, 2.45) is 5.92 Å². The summed E-state index contributed by atoms with van der Waals surface area (Å²) in [6.45, 7) is 4.12. The molecule has 0 amide bonds. The number of nitrogens with zero attached hydrogens (tertiary/aromatic N) is 4. The Morgan fingerprint density at radius 1 is 1.10 bits per heavy atom. The van der Waals surface area contributed by atoms with Crippen LogP contribution in [-0.4, -0.2) is 31.2 Å². The van der Waals surface area contributed by atoms with Gasteiger partial charge in [-0.2, -0.15) is 0 Å². The predicted octanol–water partition coefficient (Wildman–Crippen LogP) is 4.66. The zero-order chi connectivity index (χ0) is 21.1. The highest BCUT2D eigenvalue weighted by Gasteiger charge is 2.22. The normalized spacial score (nSPS) is 15.0. The van der Waals surface area contributed by atoms with Crippen molar-refractivity contribution in [3.63, 3.8) is 0 Å². The standard InChI is InChI=1S/C22H26N4O4/c1-13(2)18-12-30-21(24-18)17-9-15(8-14-6-4-3-5-7-14)20(26-25-17)22-23-16(11-29-22)10-19(27)28/h9,11-14H,3-8,10H2,1-2H3,(H,27,28). The lowest BCUT2D eigenvalue weighted by molar-refractivity contribution is -0.136. The number of rotatable bonds is 7. The Bertz CT molecular complexity index is 1020. The van der Waals surface area contributed by atoms with Crippen molar-refractivity contribution in [3.05, 3.63) is 35.5 Å². The fraction of sp³-hybridized carbons (Fsp3) is 0.500. The zero-order valence-corrected chi connectivity index (χ0v) is 17.3. The number of carboxylic acid groups (broad SMARTS) is 1. The number of aliphatic carboxylic acids is 1. The molecular weight excluding hydrogens is 384 g/mol. The number of aromatic nitrogens is 4. The number of hydrogen-bond acceptors (Lipinski definition) is 7. The average Bonchev–Trinajstić information content (AvgIpc) is 3.38. The lowest BCUT2D eigenvalue weighted by atomic mass is 9.84. The van der Waals surface area contributed by atoms with Gasteiger partial charge in [0.2, 0.25) is 11.8 Å². The molecule has 4 rings (SSSR count). The van der Waals surface area contributed by atoms with E-state index in [4.69, 9.17) is 13.9 Å². The summed E-state index contributed by atoms with van der Waals surface area (Å²) >= 11 is 0. The Morgan fingerprint density at radius 2 is 1.87 bits per heavy atom. The average molecular weight is 410 g/mol. The van der Waals surface area contributed by atoms with Crippen LogP contribution in [0, 0.1) is 5.92 Å². The molecule has 1 saturated carbocycles. The van der Waals surface area contributed by atoms with Crippen molar-refractivity contribution in [1.29, 1.82) is 0 Å². The predicted molar refractivity (Wildman–Crippen MR) is 109 cm³/mol. The maximum absolute atomic E-state index is 11.0. The van der Waals surface area contributed by atoms with Crippen molar-refractivity contribution < 1.29 is 18.7 Å². The second-order valence-corrected chi connectivity index (χ2v) is 8.26. The third kappa shape index (κ3) is 4.58. The van der Waals surface area contributed by atoms with Crippen LogP contribution in [0.25, 0.3) is 23.2 Å². The van der Waals surface area contributed by atoms with Gasteiger partial charge >= 0.3 is 5.97 Å². The van der Waals surface area contributed by atoms with Crippen LogP contribution in [0.15, 0.2) is 27.4 Å². The van der Waals surface area contributed by atoms with Gasteiger partial charge in [-0.25, -0.2) is 9.97 Å². The number of carboxylic acids is 1. The van der Waals surface area contributed by atoms with Crippen LogP contribution in [-0.2, 0) is 17.6 Å². The topological polar surface area (TPSA) is 115 Å². The van der Waals surface area contributed by atoms with E-state index in [1.54, 1.807) is 6.26 Å². The first-order valence-corrected chi connectivity index (χ1v) is 10.5. The Hall–Kier alpha value is -3.03. The maximum atomic E-state index is 11.0. The van der Waals surface area contributed by atoms with Crippen molar-refractivity contribution in [2.75, 3.05) is 0 Å². The smallest absolute Gasteiger partial charge is 0.309 e. The molecule has 158 valence electrons. The van der Waals surface area contributed by atoms with E-state index in [9.17, 15) is 4.79 Å². The highest BCUT2D eigenvalue weighted by atomic mass is 16.4. The molecule has 8 heteroatoms. The van der Waals surface area contributed by atoms with E-state index in [2.05, 4.69) is 34.0 Å². The van der Waals surface area contributed by atoms with Crippen LogP contribution in [0.1, 0.15) is 68.8 Å². The Balaban J connectivity index is 1.68. The van der Waals surface area contributed by atoms with Gasteiger partial charge in [-0.3, -0.25) is 4.79 Å². The molecule has 1 aliphatic carbocycles. The molecule has 30 heavy (non-hydrogen) atoms. The first-order valence-electron chi connectivity index (χ1n) is 10.5. The summed E-state index contributed by atoms with van der Waals surface area (Å²) in [5.74, 6) is 0.617. The summed E-state index contributed by atoms with van der Waals surface area (Å²) in [4.78, 5) is 19.8. The first kappa shape index (κ1) is 20.3. The summed E-state index contributed by atoms with van der Waals surface area (Å²) in [5, 5.41) is 17.7. The molecule has 8 nitrogen and oxygen atoms in total. The lowest BCUT2D eigenvalue weighted by Gasteiger charge is -2.22. The van der Waals surface area contributed by atoms with E-state index < -0.39 is 5.97 Å². The third-order valence-corrected chi connectivity index (χ3v) is 5.53. The van der Waals surface area contributed by atoms with E-state index in [1.165, 1.54) is 38.4 Å². The summed E-state index contributed by atoms with van der Waals surface area (Å²) < 4.78 is 11.2. The van der Waals surface area contributed by atoms with E-state index >= 15 is 0 Å². The van der Waals surface area contributed by atoms with Crippen molar-refractivity contribution in [2.45, 2.75) is 64.7 Å². The highest BCUT2D eigenvalue weighted by Crippen LogP contribution is 2.32. The maximum Gasteiger partial charge on any atom is 0.309 e. The largest absolute Gasteiger partial charge is 0.481 e. The van der Waals surface area contributed by atoms with Gasteiger partial charge < -0.3 is 13.9 Å². The number of oxazole rings is 2. The SMILES string of the molecule is CC(C)c1coc(-c2cc(CC3CCCCC3)c(-c3nc(CC(=O)O)co3)nn2)n1. The molecule has 3 aromatic heterocycles. The summed E-state index contributed by atoms with van der Waals surface area (Å²) in [5.41, 5.74) is 3.34. The molecule has 1 fully saturated rings. The molecule has 3 heterocycles. The van der Waals surface area contributed by atoms with Gasteiger partial charge in [0, 0.05) is 0 Å². The Kier molecular flexibility index (Phi) is 5.92. The van der Waals surface area contributed by atoms with Crippen LogP contribution in [0.4, 0.5) is 0 Å². The Morgan fingerprint density at radius 3 is 2.57 bits per heavy atom. The van der Waals surface area contributed by atoms with Crippen LogP contribution in [0.3, 0.4) is 0 Å². The first-order chi connectivity index (χ1) is 14.5. The minimum absolute atomic E-state index is 0.193. The molecule has 1 aliphatic rings. The molecule has 3 aromatic rings. The fourth-order valence-electron chi connectivity index (χ4n) is 3.89. The molecule has 0 radical (unpaired) electrons. The molecule has 1 N–H and O–H groups in total. The Labute approximate surface area is 174 Å². The second kappa shape index (κ2) is 8.77. The number of carbonyl (C=O) groups is 1. The van der Waals surface area contributed by atoms with Gasteiger partial charge in [0.25, 0.3) is 0 Å². The minimum atomic E-state index is -0.955. The number of hydrogen-bond donors (Lipinski definition) is 1. The molecular formula is C22H26N4O4. The molecule has 0 unspecified atom stereocenters. The summed E-state index contributed by atoms with van der Waals surface area (Å²) in [7, 11) is 0. The fourth-order valence-corrected chi connectivity index (χ4v) is 3.89. The van der Waals surface area contributed by atoms with Gasteiger partial charge in [0.05, 0.1) is 17.8 Å². The van der Waals surface area contributed by atoms with Gasteiger partial charge in [0.1, 0.15) is 18.2 Å². The van der Waals surface area contributed by atoms with Gasteiger partial charge in [-0.15, -0.1) is 10.2 Å². The second-order valence-electron chi connectivity index (χ2n) is 8.26. The van der Waals surface area contributed by atoms with E-state index in [-0.39, 0.29) is 12.3 Å². The third-order valence-electron chi connectivity index (χ3n) is 5.53. The monoisotopic (exact) mass is 410 g/mol. The molecule has 0 aromatic carbocycles. The van der Waals surface area contributed by atoms with Gasteiger partial charge in [-0.05, 0) is 29.9 Å². The van der Waals surface area contributed by atoms with E-state index in [1.807, 2.05) is 6.07 Å². The molecule has 0 aliphatic heterocycles.